The SMILES string of the molecule is N#Cc1ccc(CNCC2(CCO)CC2)o1. The van der Waals surface area contributed by atoms with Crippen LogP contribution in [0.2, 0.25) is 0 Å². The molecule has 1 fully saturated rings. The maximum Gasteiger partial charge on any atom is 0.203 e. The number of nitrogens with zero attached hydrogens (tertiary/aromatic N) is 1. The molecule has 1 saturated carbocycles. The van der Waals surface area contributed by atoms with Gasteiger partial charge in [-0.05, 0) is 36.8 Å². The van der Waals surface area contributed by atoms with E-state index < -0.39 is 0 Å². The van der Waals surface area contributed by atoms with E-state index >= 15 is 0 Å². The van der Waals surface area contributed by atoms with E-state index in [2.05, 4.69) is 5.32 Å². The Kier molecular flexibility index (Phi) is 3.28. The molecule has 1 aromatic rings. The number of hydrogen-bond donors (Lipinski definition) is 2. The molecule has 0 saturated heterocycles. The molecule has 0 unspecified atom stereocenters. The molecule has 0 bridgehead atoms. The third kappa shape index (κ3) is 2.63. The van der Waals surface area contributed by atoms with Gasteiger partial charge in [0.2, 0.25) is 5.76 Å². The van der Waals surface area contributed by atoms with Crippen LogP contribution < -0.4 is 5.32 Å². The summed E-state index contributed by atoms with van der Waals surface area (Å²) in [7, 11) is 0. The molecule has 0 atom stereocenters. The Labute approximate surface area is 94.9 Å². The Morgan fingerprint density at radius 2 is 2.31 bits per heavy atom. The highest BCUT2D eigenvalue weighted by Gasteiger charge is 2.41. The van der Waals surface area contributed by atoms with Crippen LogP contribution >= 0.6 is 0 Å². The van der Waals surface area contributed by atoms with Gasteiger partial charge in [0.15, 0.2) is 0 Å². The molecule has 1 heterocycles. The summed E-state index contributed by atoms with van der Waals surface area (Å²) in [5, 5.41) is 20.8. The van der Waals surface area contributed by atoms with Gasteiger partial charge in [-0.25, -0.2) is 0 Å². The van der Waals surface area contributed by atoms with Crippen molar-refractivity contribution in [1.82, 2.24) is 5.32 Å². The number of nitriles is 1. The Morgan fingerprint density at radius 1 is 1.50 bits per heavy atom. The van der Waals surface area contributed by atoms with E-state index in [0.717, 1.165) is 18.7 Å². The monoisotopic (exact) mass is 220 g/mol. The lowest BCUT2D eigenvalue weighted by molar-refractivity contribution is 0.244. The minimum atomic E-state index is 0.265. The third-order valence-electron chi connectivity index (χ3n) is 3.17. The van der Waals surface area contributed by atoms with Crippen molar-refractivity contribution in [3.05, 3.63) is 23.7 Å². The van der Waals surface area contributed by atoms with E-state index in [-0.39, 0.29) is 6.61 Å². The first-order chi connectivity index (χ1) is 7.78. The zero-order valence-electron chi connectivity index (χ0n) is 9.20. The first-order valence-corrected chi connectivity index (χ1v) is 5.58. The largest absolute Gasteiger partial charge is 0.449 e. The molecule has 1 aliphatic carbocycles. The summed E-state index contributed by atoms with van der Waals surface area (Å²) in [6.45, 7) is 1.83. The first kappa shape index (κ1) is 11.2. The van der Waals surface area contributed by atoms with Gasteiger partial charge in [-0.2, -0.15) is 5.26 Å². The Morgan fingerprint density at radius 3 is 2.88 bits per heavy atom. The fourth-order valence-corrected chi connectivity index (χ4v) is 1.91. The molecule has 4 heteroatoms. The van der Waals surface area contributed by atoms with Gasteiger partial charge in [0.1, 0.15) is 11.8 Å². The second kappa shape index (κ2) is 4.69. The molecule has 0 aliphatic heterocycles. The second-order valence-corrected chi connectivity index (χ2v) is 4.45. The normalized spacial score (nSPS) is 17.0. The van der Waals surface area contributed by atoms with Crippen LogP contribution in [-0.4, -0.2) is 18.3 Å². The minimum Gasteiger partial charge on any atom is -0.449 e. The first-order valence-electron chi connectivity index (χ1n) is 5.58. The summed E-state index contributed by atoms with van der Waals surface area (Å²) in [4.78, 5) is 0. The maximum atomic E-state index is 8.91. The lowest BCUT2D eigenvalue weighted by Crippen LogP contribution is -2.24. The predicted molar refractivity (Wildman–Crippen MR) is 58.5 cm³/mol. The summed E-state index contributed by atoms with van der Waals surface area (Å²) in [5.41, 5.74) is 0.319. The highest BCUT2D eigenvalue weighted by Crippen LogP contribution is 2.47. The van der Waals surface area contributed by atoms with Crippen LogP contribution in [-0.2, 0) is 6.54 Å². The van der Waals surface area contributed by atoms with E-state index in [9.17, 15) is 0 Å². The zero-order chi connectivity index (χ0) is 11.4. The van der Waals surface area contributed by atoms with E-state index in [4.69, 9.17) is 14.8 Å². The van der Waals surface area contributed by atoms with E-state index in [1.807, 2.05) is 12.1 Å². The quantitative estimate of drug-likeness (QED) is 0.760. The summed E-state index contributed by atoms with van der Waals surface area (Å²) >= 11 is 0. The molecule has 86 valence electrons. The van der Waals surface area contributed by atoms with Crippen molar-refractivity contribution < 1.29 is 9.52 Å². The molecule has 1 aliphatic rings. The van der Waals surface area contributed by atoms with Crippen molar-refractivity contribution in [2.45, 2.75) is 25.8 Å². The lowest BCUT2D eigenvalue weighted by atomic mass is 10.0. The molecule has 0 spiro atoms. The van der Waals surface area contributed by atoms with Gasteiger partial charge < -0.3 is 14.8 Å². The zero-order valence-corrected chi connectivity index (χ0v) is 9.20. The number of aliphatic hydroxyl groups excluding tert-OH is 1. The molecular formula is C12H16N2O2. The van der Waals surface area contributed by atoms with Crippen molar-refractivity contribution in [3.63, 3.8) is 0 Å². The number of aliphatic hydroxyl groups is 1. The number of rotatable bonds is 6. The maximum absolute atomic E-state index is 8.91. The molecule has 0 aromatic carbocycles. The molecule has 2 N–H and O–H groups in total. The van der Waals surface area contributed by atoms with Gasteiger partial charge in [0.25, 0.3) is 0 Å². The van der Waals surface area contributed by atoms with E-state index in [0.29, 0.717) is 17.7 Å². The third-order valence-corrected chi connectivity index (χ3v) is 3.17. The van der Waals surface area contributed by atoms with E-state index in [1.54, 1.807) is 6.07 Å². The van der Waals surface area contributed by atoms with Gasteiger partial charge in [0.05, 0.1) is 6.54 Å². The van der Waals surface area contributed by atoms with Crippen molar-refractivity contribution in [2.75, 3.05) is 13.2 Å². The number of furan rings is 1. The smallest absolute Gasteiger partial charge is 0.203 e. The molecule has 16 heavy (non-hydrogen) atoms. The summed E-state index contributed by atoms with van der Waals surface area (Å²) in [6.07, 6.45) is 3.27. The predicted octanol–water partition coefficient (Wildman–Crippen LogP) is 1.40. The van der Waals surface area contributed by atoms with Gasteiger partial charge in [0, 0.05) is 13.2 Å². The summed E-state index contributed by atoms with van der Waals surface area (Å²) in [6, 6.07) is 5.45. The fourth-order valence-electron chi connectivity index (χ4n) is 1.91. The van der Waals surface area contributed by atoms with Crippen LogP contribution in [0.3, 0.4) is 0 Å². The topological polar surface area (TPSA) is 69.2 Å². The van der Waals surface area contributed by atoms with Crippen LogP contribution in [0.5, 0.6) is 0 Å². The van der Waals surface area contributed by atoms with Crippen LogP contribution in [0.25, 0.3) is 0 Å². The average molecular weight is 220 g/mol. The number of hydrogen-bond acceptors (Lipinski definition) is 4. The standard InChI is InChI=1S/C12H16N2O2/c13-7-10-1-2-11(16-10)8-14-9-12(3-4-12)5-6-15/h1-2,14-15H,3-6,8-9H2. The summed E-state index contributed by atoms with van der Waals surface area (Å²) in [5.74, 6) is 1.14. The van der Waals surface area contributed by atoms with Gasteiger partial charge in [-0.1, -0.05) is 0 Å². The molecule has 4 nitrogen and oxygen atoms in total. The highest BCUT2D eigenvalue weighted by molar-refractivity contribution is 5.18. The van der Waals surface area contributed by atoms with Crippen LogP contribution in [0, 0.1) is 16.7 Å². The van der Waals surface area contributed by atoms with Crippen molar-refractivity contribution in [1.29, 1.82) is 5.26 Å². The Balaban J connectivity index is 1.74. The molecular weight excluding hydrogens is 204 g/mol. The highest BCUT2D eigenvalue weighted by atomic mass is 16.3. The van der Waals surface area contributed by atoms with E-state index in [1.165, 1.54) is 12.8 Å². The average Bonchev–Trinajstić information content (AvgIpc) is 2.89. The van der Waals surface area contributed by atoms with Crippen LogP contribution in [0.1, 0.15) is 30.8 Å². The molecule has 0 radical (unpaired) electrons. The van der Waals surface area contributed by atoms with Gasteiger partial charge in [-0.15, -0.1) is 0 Å². The van der Waals surface area contributed by atoms with Crippen molar-refractivity contribution in [2.24, 2.45) is 5.41 Å². The number of nitrogens with one attached hydrogen (secondary N) is 1. The van der Waals surface area contributed by atoms with Crippen LogP contribution in [0.4, 0.5) is 0 Å². The second-order valence-electron chi connectivity index (χ2n) is 4.45. The Bertz CT molecular complexity index is 388. The Hall–Kier alpha value is -1.31. The van der Waals surface area contributed by atoms with Crippen molar-refractivity contribution in [3.8, 4) is 6.07 Å². The van der Waals surface area contributed by atoms with Crippen molar-refractivity contribution >= 4 is 0 Å². The van der Waals surface area contributed by atoms with Crippen LogP contribution in [0.15, 0.2) is 16.5 Å². The van der Waals surface area contributed by atoms with Gasteiger partial charge in [-0.3, -0.25) is 0 Å². The molecule has 2 rings (SSSR count). The molecule has 0 amide bonds. The lowest BCUT2D eigenvalue weighted by Gasteiger charge is -2.13. The minimum absolute atomic E-state index is 0.265. The molecule has 1 aromatic heterocycles. The summed E-state index contributed by atoms with van der Waals surface area (Å²) < 4.78 is 5.25. The fraction of sp³-hybridized carbons (Fsp3) is 0.583. The van der Waals surface area contributed by atoms with Gasteiger partial charge >= 0.3 is 0 Å².